The molecule has 2 aromatic heterocycles. The molecule has 0 atom stereocenters. The Morgan fingerprint density at radius 2 is 2.24 bits per heavy atom. The maximum atomic E-state index is 12.2. The van der Waals surface area contributed by atoms with Crippen LogP contribution in [0.4, 0.5) is 19.3 Å². The first kappa shape index (κ1) is 11.2. The number of amides is 1. The Hall–Kier alpha value is -2.25. The van der Waals surface area contributed by atoms with Crippen LogP contribution in [0.1, 0.15) is 0 Å². The van der Waals surface area contributed by atoms with Gasteiger partial charge in [-0.15, -0.1) is 0 Å². The number of carboxylic acid groups (broad SMARTS) is 1. The molecule has 17 heavy (non-hydrogen) atoms. The van der Waals surface area contributed by atoms with E-state index in [1.807, 2.05) is 0 Å². The predicted molar refractivity (Wildman–Crippen MR) is 55.2 cm³/mol. The SMILES string of the molecule is O=C(O)Nc1cncc2c1cnn2CC(F)F. The first-order valence-corrected chi connectivity index (χ1v) is 4.65. The minimum atomic E-state index is -2.53. The number of halogens is 2. The fraction of sp³-hybridized carbons (Fsp3) is 0.222. The number of nitrogens with zero attached hydrogens (tertiary/aromatic N) is 3. The van der Waals surface area contributed by atoms with Crippen molar-refractivity contribution in [1.29, 1.82) is 0 Å². The molecule has 0 unspecified atom stereocenters. The molecule has 2 aromatic rings. The molecule has 6 nitrogen and oxygen atoms in total. The summed E-state index contributed by atoms with van der Waals surface area (Å²) in [6.07, 6.45) is 0.197. The number of aromatic nitrogens is 3. The van der Waals surface area contributed by atoms with Crippen LogP contribution in [0.3, 0.4) is 0 Å². The van der Waals surface area contributed by atoms with E-state index in [0.717, 1.165) is 4.68 Å². The molecule has 0 aliphatic rings. The van der Waals surface area contributed by atoms with Gasteiger partial charge in [-0.05, 0) is 0 Å². The van der Waals surface area contributed by atoms with Crippen LogP contribution in [-0.4, -0.2) is 32.4 Å². The molecule has 1 amide bonds. The van der Waals surface area contributed by atoms with Gasteiger partial charge in [0.05, 0.1) is 29.8 Å². The largest absolute Gasteiger partial charge is 0.465 e. The van der Waals surface area contributed by atoms with Gasteiger partial charge in [0.1, 0.15) is 6.54 Å². The number of hydrogen-bond acceptors (Lipinski definition) is 3. The molecule has 0 saturated carbocycles. The Bertz CT molecular complexity index is 555. The molecule has 0 aliphatic carbocycles. The molecule has 0 aromatic carbocycles. The third-order valence-electron chi connectivity index (χ3n) is 2.12. The summed E-state index contributed by atoms with van der Waals surface area (Å²) < 4.78 is 25.6. The van der Waals surface area contributed by atoms with Crippen molar-refractivity contribution in [3.8, 4) is 0 Å². The number of anilines is 1. The zero-order valence-electron chi connectivity index (χ0n) is 8.47. The Kier molecular flexibility index (Phi) is 2.86. The van der Waals surface area contributed by atoms with Crippen molar-refractivity contribution >= 4 is 22.7 Å². The fourth-order valence-electron chi connectivity index (χ4n) is 1.48. The molecule has 0 bridgehead atoms. The first-order valence-electron chi connectivity index (χ1n) is 4.65. The van der Waals surface area contributed by atoms with E-state index in [1.54, 1.807) is 0 Å². The quantitative estimate of drug-likeness (QED) is 0.859. The summed E-state index contributed by atoms with van der Waals surface area (Å²) in [6.45, 7) is -0.554. The van der Waals surface area contributed by atoms with Gasteiger partial charge in [0, 0.05) is 5.39 Å². The molecule has 0 aliphatic heterocycles. The van der Waals surface area contributed by atoms with E-state index in [-0.39, 0.29) is 5.69 Å². The van der Waals surface area contributed by atoms with Gasteiger partial charge < -0.3 is 5.11 Å². The van der Waals surface area contributed by atoms with E-state index in [4.69, 9.17) is 5.11 Å². The number of carbonyl (C=O) groups is 1. The van der Waals surface area contributed by atoms with Crippen molar-refractivity contribution in [2.24, 2.45) is 0 Å². The van der Waals surface area contributed by atoms with E-state index in [0.29, 0.717) is 10.9 Å². The van der Waals surface area contributed by atoms with Crippen LogP contribution in [0, 0.1) is 0 Å². The van der Waals surface area contributed by atoms with Gasteiger partial charge in [-0.1, -0.05) is 0 Å². The lowest BCUT2D eigenvalue weighted by atomic mass is 10.3. The Morgan fingerprint density at radius 1 is 1.47 bits per heavy atom. The molecule has 0 saturated heterocycles. The number of rotatable bonds is 3. The first-order chi connectivity index (χ1) is 8.08. The van der Waals surface area contributed by atoms with Gasteiger partial charge in [0.15, 0.2) is 0 Å². The predicted octanol–water partition coefficient (Wildman–Crippen LogP) is 1.79. The molecule has 0 radical (unpaired) electrons. The molecule has 90 valence electrons. The third-order valence-corrected chi connectivity index (χ3v) is 2.12. The normalized spacial score (nSPS) is 11.0. The summed E-state index contributed by atoms with van der Waals surface area (Å²) >= 11 is 0. The number of pyridine rings is 1. The molecular weight excluding hydrogens is 234 g/mol. The Morgan fingerprint density at radius 3 is 2.88 bits per heavy atom. The number of alkyl halides is 2. The highest BCUT2D eigenvalue weighted by molar-refractivity contribution is 5.97. The second kappa shape index (κ2) is 4.32. The van der Waals surface area contributed by atoms with Crippen LogP contribution in [0.25, 0.3) is 10.9 Å². The van der Waals surface area contributed by atoms with E-state index < -0.39 is 19.1 Å². The van der Waals surface area contributed by atoms with Crippen molar-refractivity contribution in [1.82, 2.24) is 14.8 Å². The number of fused-ring (bicyclic) bond motifs is 1. The van der Waals surface area contributed by atoms with Crippen molar-refractivity contribution < 1.29 is 18.7 Å². The van der Waals surface area contributed by atoms with Gasteiger partial charge in [-0.3, -0.25) is 15.0 Å². The summed E-state index contributed by atoms with van der Waals surface area (Å²) in [4.78, 5) is 14.3. The highest BCUT2D eigenvalue weighted by Crippen LogP contribution is 2.22. The summed E-state index contributed by atoms with van der Waals surface area (Å²) in [5.74, 6) is 0. The lowest BCUT2D eigenvalue weighted by molar-refractivity contribution is 0.123. The van der Waals surface area contributed by atoms with E-state index >= 15 is 0 Å². The second-order valence-corrected chi connectivity index (χ2v) is 3.27. The standard InChI is InChI=1S/C9H8F2N4O2/c10-8(11)4-15-7-3-12-2-6(14-9(16)17)5(7)1-13-15/h1-3,8,14H,4H2,(H,16,17). The smallest absolute Gasteiger partial charge is 0.409 e. The van der Waals surface area contributed by atoms with Crippen LogP contribution < -0.4 is 5.32 Å². The van der Waals surface area contributed by atoms with Gasteiger partial charge >= 0.3 is 6.09 Å². The highest BCUT2D eigenvalue weighted by Gasteiger charge is 2.12. The van der Waals surface area contributed by atoms with Crippen LogP contribution in [0.2, 0.25) is 0 Å². The molecule has 8 heteroatoms. The summed E-state index contributed by atoms with van der Waals surface area (Å²) in [5, 5.41) is 14.9. The van der Waals surface area contributed by atoms with Gasteiger partial charge in [0.2, 0.25) is 0 Å². The average Bonchev–Trinajstić information content (AvgIpc) is 2.61. The van der Waals surface area contributed by atoms with Crippen LogP contribution in [0.15, 0.2) is 18.6 Å². The fourth-order valence-corrected chi connectivity index (χ4v) is 1.48. The van der Waals surface area contributed by atoms with Crippen LogP contribution in [-0.2, 0) is 6.54 Å². The third kappa shape index (κ3) is 2.30. The summed E-state index contributed by atoms with van der Waals surface area (Å²) in [5.41, 5.74) is 0.576. The van der Waals surface area contributed by atoms with Gasteiger partial charge in [-0.25, -0.2) is 13.6 Å². The van der Waals surface area contributed by atoms with Gasteiger partial charge in [0.25, 0.3) is 6.43 Å². The van der Waals surface area contributed by atoms with Crippen molar-refractivity contribution in [2.45, 2.75) is 13.0 Å². The minimum absolute atomic E-state index is 0.218. The lowest BCUT2D eigenvalue weighted by Crippen LogP contribution is -2.09. The van der Waals surface area contributed by atoms with Crippen molar-refractivity contribution in [2.75, 3.05) is 5.32 Å². The van der Waals surface area contributed by atoms with Crippen molar-refractivity contribution in [3.05, 3.63) is 18.6 Å². The molecule has 2 rings (SSSR count). The zero-order valence-corrected chi connectivity index (χ0v) is 8.47. The number of nitrogens with one attached hydrogen (secondary N) is 1. The molecule has 0 spiro atoms. The average molecular weight is 242 g/mol. The van der Waals surface area contributed by atoms with E-state index in [1.165, 1.54) is 18.6 Å². The maximum absolute atomic E-state index is 12.2. The Balaban J connectivity index is 2.45. The zero-order chi connectivity index (χ0) is 12.4. The van der Waals surface area contributed by atoms with E-state index in [2.05, 4.69) is 15.4 Å². The topological polar surface area (TPSA) is 80.0 Å². The molecule has 0 fully saturated rings. The summed E-state index contributed by atoms with van der Waals surface area (Å²) in [7, 11) is 0. The molecule has 2 N–H and O–H groups in total. The Labute approximate surface area is 93.9 Å². The highest BCUT2D eigenvalue weighted by atomic mass is 19.3. The minimum Gasteiger partial charge on any atom is -0.465 e. The van der Waals surface area contributed by atoms with Crippen molar-refractivity contribution in [3.63, 3.8) is 0 Å². The lowest BCUT2D eigenvalue weighted by Gasteiger charge is -2.04. The second-order valence-electron chi connectivity index (χ2n) is 3.27. The number of hydrogen-bond donors (Lipinski definition) is 2. The monoisotopic (exact) mass is 242 g/mol. The van der Waals surface area contributed by atoms with E-state index in [9.17, 15) is 13.6 Å². The van der Waals surface area contributed by atoms with Gasteiger partial charge in [-0.2, -0.15) is 5.10 Å². The van der Waals surface area contributed by atoms with Crippen LogP contribution >= 0.6 is 0 Å². The molecular formula is C9H8F2N4O2. The molecule has 2 heterocycles. The maximum Gasteiger partial charge on any atom is 0.409 e. The summed E-state index contributed by atoms with van der Waals surface area (Å²) in [6, 6.07) is 0. The van der Waals surface area contributed by atoms with Crippen LogP contribution in [0.5, 0.6) is 0 Å².